The van der Waals surface area contributed by atoms with Crippen molar-refractivity contribution in [2.24, 2.45) is 0 Å². The summed E-state index contributed by atoms with van der Waals surface area (Å²) in [7, 11) is -1.75. The van der Waals surface area contributed by atoms with Gasteiger partial charge in [-0.15, -0.1) is 0 Å². The minimum absolute atomic E-state index is 0.835. The topological polar surface area (TPSA) is 18.5 Å². The Kier molecular flexibility index (Phi) is 3.29. The van der Waals surface area contributed by atoms with Crippen molar-refractivity contribution in [3.8, 4) is 0 Å². The van der Waals surface area contributed by atoms with Gasteiger partial charge in [0, 0.05) is 24.3 Å². The summed E-state index contributed by atoms with van der Waals surface area (Å²) in [6, 6.07) is 0. The van der Waals surface area contributed by atoms with Crippen LogP contribution in [-0.2, 0) is 8.85 Å². The van der Waals surface area contributed by atoms with Crippen molar-refractivity contribution in [2.45, 2.75) is 57.0 Å². The first-order valence-electron chi connectivity index (χ1n) is 6.11. The Morgan fingerprint density at radius 3 is 1.93 bits per heavy atom. The molecule has 0 aliphatic heterocycles. The van der Waals surface area contributed by atoms with E-state index in [1.165, 1.54) is 25.7 Å². The van der Waals surface area contributed by atoms with Crippen LogP contribution in [0.4, 0.5) is 0 Å². The number of rotatable bonds is 7. The molecule has 0 saturated heterocycles. The first-order chi connectivity index (χ1) is 6.83. The van der Waals surface area contributed by atoms with E-state index in [0.29, 0.717) is 0 Å². The Hall–Kier alpha value is 0.137. The van der Waals surface area contributed by atoms with E-state index in [4.69, 9.17) is 8.85 Å². The van der Waals surface area contributed by atoms with Gasteiger partial charge in [0.1, 0.15) is 0 Å². The molecule has 0 aromatic heterocycles. The van der Waals surface area contributed by atoms with Gasteiger partial charge in [0.15, 0.2) is 0 Å². The molecule has 82 valence electrons. The molecular formula is C11H22O2Si. The van der Waals surface area contributed by atoms with E-state index in [9.17, 15) is 0 Å². The maximum absolute atomic E-state index is 6.18. The van der Waals surface area contributed by atoms with Crippen LogP contribution in [0.5, 0.6) is 0 Å². The summed E-state index contributed by atoms with van der Waals surface area (Å²) >= 11 is 0. The van der Waals surface area contributed by atoms with Gasteiger partial charge in [-0.2, -0.15) is 0 Å². The van der Waals surface area contributed by atoms with Crippen molar-refractivity contribution in [3.05, 3.63) is 0 Å². The maximum Gasteiger partial charge on any atom is 0.344 e. The fourth-order valence-corrected chi connectivity index (χ4v) is 6.91. The summed E-state index contributed by atoms with van der Waals surface area (Å²) in [5, 5.41) is 0. The molecule has 0 atom stereocenters. The van der Waals surface area contributed by atoms with Crippen molar-refractivity contribution in [2.75, 3.05) is 13.2 Å². The van der Waals surface area contributed by atoms with E-state index in [1.54, 1.807) is 0 Å². The van der Waals surface area contributed by atoms with Crippen LogP contribution in [0.3, 0.4) is 0 Å². The average molecular weight is 214 g/mol. The van der Waals surface area contributed by atoms with Crippen molar-refractivity contribution in [1.29, 1.82) is 0 Å². The zero-order chi connectivity index (χ0) is 10.0. The molecule has 14 heavy (non-hydrogen) atoms. The van der Waals surface area contributed by atoms with Gasteiger partial charge in [-0.25, -0.2) is 0 Å². The van der Waals surface area contributed by atoms with Gasteiger partial charge in [0.2, 0.25) is 0 Å². The van der Waals surface area contributed by atoms with E-state index in [-0.39, 0.29) is 0 Å². The van der Waals surface area contributed by atoms with Gasteiger partial charge in [-0.1, -0.05) is 6.92 Å². The van der Waals surface area contributed by atoms with E-state index in [0.717, 1.165) is 30.7 Å². The fourth-order valence-electron chi connectivity index (χ4n) is 2.30. The smallest absolute Gasteiger partial charge is 0.344 e. The molecule has 2 aliphatic rings. The Labute approximate surface area is 88.2 Å². The van der Waals surface area contributed by atoms with Crippen LogP contribution < -0.4 is 0 Å². The van der Waals surface area contributed by atoms with E-state index >= 15 is 0 Å². The number of hydrogen-bond acceptors (Lipinski definition) is 2. The lowest BCUT2D eigenvalue weighted by molar-refractivity contribution is 0.171. The average Bonchev–Trinajstić information content (AvgIpc) is 3.06. The Balaban J connectivity index is 1.98. The molecule has 0 N–H and O–H groups in total. The van der Waals surface area contributed by atoms with Crippen LogP contribution in [0.25, 0.3) is 0 Å². The molecule has 2 rings (SSSR count). The SMILES string of the molecule is CCCO[Si](OCC)(C1CC1)C1CC1. The van der Waals surface area contributed by atoms with Gasteiger partial charge in [0.05, 0.1) is 0 Å². The summed E-state index contributed by atoms with van der Waals surface area (Å²) in [6.45, 7) is 6.06. The highest BCUT2D eigenvalue weighted by Gasteiger charge is 2.60. The molecule has 0 heterocycles. The predicted molar refractivity (Wildman–Crippen MR) is 59.6 cm³/mol. The van der Waals surface area contributed by atoms with Gasteiger partial charge in [-0.3, -0.25) is 0 Å². The standard InChI is InChI=1S/C11H22O2Si/c1-3-9-13-14(12-4-2,10-5-6-10)11-7-8-11/h10-11H,3-9H2,1-2H3. The van der Waals surface area contributed by atoms with Crippen LogP contribution in [-0.4, -0.2) is 21.8 Å². The minimum Gasteiger partial charge on any atom is -0.394 e. The zero-order valence-corrected chi connectivity index (χ0v) is 10.4. The maximum atomic E-state index is 6.18. The summed E-state index contributed by atoms with van der Waals surface area (Å²) < 4.78 is 12.3. The lowest BCUT2D eigenvalue weighted by atomic mass is 10.5. The van der Waals surface area contributed by atoms with Gasteiger partial charge >= 0.3 is 8.56 Å². The second kappa shape index (κ2) is 4.33. The normalized spacial score (nSPS) is 22.7. The molecule has 0 bridgehead atoms. The van der Waals surface area contributed by atoms with Crippen LogP contribution in [0, 0.1) is 0 Å². The largest absolute Gasteiger partial charge is 0.394 e. The minimum atomic E-state index is -1.75. The van der Waals surface area contributed by atoms with Crippen molar-refractivity contribution in [3.63, 3.8) is 0 Å². The molecule has 0 radical (unpaired) electrons. The molecule has 2 saturated carbocycles. The van der Waals surface area contributed by atoms with E-state index in [1.807, 2.05) is 0 Å². The predicted octanol–water partition coefficient (Wildman–Crippen LogP) is 3.22. The van der Waals surface area contributed by atoms with Gasteiger partial charge in [0.25, 0.3) is 0 Å². The Morgan fingerprint density at radius 1 is 1.00 bits per heavy atom. The van der Waals surface area contributed by atoms with Crippen LogP contribution in [0.2, 0.25) is 11.1 Å². The molecule has 2 fully saturated rings. The quantitative estimate of drug-likeness (QED) is 0.606. The Morgan fingerprint density at radius 2 is 1.57 bits per heavy atom. The fraction of sp³-hybridized carbons (Fsp3) is 1.00. The molecule has 2 aliphatic carbocycles. The molecule has 0 aromatic carbocycles. The first-order valence-corrected chi connectivity index (χ1v) is 8.08. The third kappa shape index (κ3) is 2.04. The highest BCUT2D eigenvalue weighted by molar-refractivity contribution is 6.72. The van der Waals surface area contributed by atoms with Crippen LogP contribution in [0.15, 0.2) is 0 Å². The molecular weight excluding hydrogens is 192 g/mol. The van der Waals surface area contributed by atoms with Crippen molar-refractivity contribution in [1.82, 2.24) is 0 Å². The van der Waals surface area contributed by atoms with Crippen molar-refractivity contribution >= 4 is 8.56 Å². The molecule has 0 aromatic rings. The summed E-state index contributed by atoms with van der Waals surface area (Å²) in [5.74, 6) is 0. The highest BCUT2D eigenvalue weighted by atomic mass is 28.4. The van der Waals surface area contributed by atoms with Gasteiger partial charge in [-0.05, 0) is 39.0 Å². The molecule has 0 spiro atoms. The molecule has 3 heteroatoms. The Bertz CT molecular complexity index is 176. The van der Waals surface area contributed by atoms with Crippen molar-refractivity contribution < 1.29 is 8.85 Å². The number of hydrogen-bond donors (Lipinski definition) is 0. The molecule has 2 nitrogen and oxygen atoms in total. The second-order valence-electron chi connectivity index (χ2n) is 4.55. The summed E-state index contributed by atoms with van der Waals surface area (Å²) in [5.41, 5.74) is 1.67. The highest BCUT2D eigenvalue weighted by Crippen LogP contribution is 2.59. The third-order valence-corrected chi connectivity index (χ3v) is 8.02. The lowest BCUT2D eigenvalue weighted by Crippen LogP contribution is -2.44. The monoisotopic (exact) mass is 214 g/mol. The van der Waals surface area contributed by atoms with E-state index in [2.05, 4.69) is 13.8 Å². The lowest BCUT2D eigenvalue weighted by Gasteiger charge is -2.30. The second-order valence-corrected chi connectivity index (χ2v) is 8.20. The van der Waals surface area contributed by atoms with Gasteiger partial charge < -0.3 is 8.85 Å². The van der Waals surface area contributed by atoms with Crippen LogP contribution >= 0.6 is 0 Å². The molecule has 0 unspecified atom stereocenters. The summed E-state index contributed by atoms with van der Waals surface area (Å²) in [6.07, 6.45) is 6.60. The first kappa shape index (κ1) is 10.6. The summed E-state index contributed by atoms with van der Waals surface area (Å²) in [4.78, 5) is 0. The van der Waals surface area contributed by atoms with E-state index < -0.39 is 8.56 Å². The molecule has 0 amide bonds. The van der Waals surface area contributed by atoms with Crippen LogP contribution in [0.1, 0.15) is 46.0 Å². The third-order valence-electron chi connectivity index (χ3n) is 3.19. The zero-order valence-electron chi connectivity index (χ0n) is 9.42.